The van der Waals surface area contributed by atoms with Gasteiger partial charge in [0.2, 0.25) is 0 Å². The average Bonchev–Trinajstić information content (AvgIpc) is 2.45. The van der Waals surface area contributed by atoms with Crippen LogP contribution in [0.15, 0.2) is 16.8 Å². The molecule has 0 fully saturated rings. The Morgan fingerprint density at radius 1 is 1.40 bits per heavy atom. The number of carbonyl (C=O) groups excluding carboxylic acids is 1. The van der Waals surface area contributed by atoms with Gasteiger partial charge >= 0.3 is 6.09 Å². The predicted molar refractivity (Wildman–Crippen MR) is 73.2 cm³/mol. The Labute approximate surface area is 118 Å². The maximum atomic E-state index is 11.4. The Kier molecular flexibility index (Phi) is 7.72. The molecule has 2 atom stereocenters. The zero-order chi connectivity index (χ0) is 14.8. The molecule has 0 spiro atoms. The molecular formula is C13H21N3O4. The molecule has 0 N–H and O–H groups in total. The molecular weight excluding hydrogens is 262 g/mol. The van der Waals surface area contributed by atoms with E-state index in [2.05, 4.69) is 16.1 Å². The van der Waals surface area contributed by atoms with Crippen molar-refractivity contribution in [3.63, 3.8) is 0 Å². The molecule has 0 radical (unpaired) electrons. The second kappa shape index (κ2) is 9.36. The molecule has 20 heavy (non-hydrogen) atoms. The van der Waals surface area contributed by atoms with Crippen LogP contribution >= 0.6 is 0 Å². The molecule has 0 aromatic carbocycles. The van der Waals surface area contributed by atoms with E-state index in [4.69, 9.17) is 19.7 Å². The van der Waals surface area contributed by atoms with Crippen molar-refractivity contribution in [3.05, 3.63) is 22.1 Å². The molecule has 1 aliphatic rings. The fourth-order valence-electron chi connectivity index (χ4n) is 2.42. The van der Waals surface area contributed by atoms with E-state index in [-0.39, 0.29) is 12.5 Å². The third-order valence-corrected chi connectivity index (χ3v) is 3.31. The van der Waals surface area contributed by atoms with Gasteiger partial charge in [0.25, 0.3) is 0 Å². The summed E-state index contributed by atoms with van der Waals surface area (Å²) in [5.74, 6) is -0.0712. The van der Waals surface area contributed by atoms with Gasteiger partial charge in [0, 0.05) is 30.2 Å². The Morgan fingerprint density at radius 2 is 2.15 bits per heavy atom. The molecule has 0 aromatic rings. The summed E-state index contributed by atoms with van der Waals surface area (Å²) >= 11 is 0. The zero-order valence-electron chi connectivity index (χ0n) is 11.9. The summed E-state index contributed by atoms with van der Waals surface area (Å²) in [6.07, 6.45) is 5.02. The van der Waals surface area contributed by atoms with Crippen molar-refractivity contribution in [2.45, 2.75) is 31.8 Å². The van der Waals surface area contributed by atoms with Gasteiger partial charge in [-0.25, -0.2) is 4.79 Å². The van der Waals surface area contributed by atoms with Gasteiger partial charge in [0.15, 0.2) is 0 Å². The lowest BCUT2D eigenvalue weighted by molar-refractivity contribution is -0.00252. The minimum Gasteiger partial charge on any atom is -0.454 e. The van der Waals surface area contributed by atoms with Crippen molar-refractivity contribution in [2.75, 3.05) is 27.4 Å². The van der Waals surface area contributed by atoms with Crippen molar-refractivity contribution >= 4 is 6.09 Å². The molecule has 7 heteroatoms. The van der Waals surface area contributed by atoms with E-state index >= 15 is 0 Å². The van der Waals surface area contributed by atoms with Gasteiger partial charge in [0.1, 0.15) is 6.10 Å². The Bertz CT molecular complexity index is 391. The normalized spacial score (nSPS) is 17.6. The highest BCUT2D eigenvalue weighted by Gasteiger charge is 2.28. The maximum Gasteiger partial charge on any atom is 0.397 e. The van der Waals surface area contributed by atoms with Crippen molar-refractivity contribution < 1.29 is 19.0 Å². The quantitative estimate of drug-likeness (QED) is 0.310. The fraction of sp³-hybridized carbons (Fsp3) is 0.769. The topological polar surface area (TPSA) is 93.5 Å². The number of amides is 1. The molecule has 0 heterocycles. The number of rotatable bonds is 7. The van der Waals surface area contributed by atoms with Gasteiger partial charge in [-0.3, -0.25) is 0 Å². The summed E-state index contributed by atoms with van der Waals surface area (Å²) in [5, 5.41) is 2.94. The first-order valence-electron chi connectivity index (χ1n) is 6.65. The van der Waals surface area contributed by atoms with Crippen LogP contribution < -0.4 is 0 Å². The fourth-order valence-corrected chi connectivity index (χ4v) is 2.42. The van der Waals surface area contributed by atoms with Crippen LogP contribution in [-0.2, 0) is 14.2 Å². The SMILES string of the molecule is COC[C@H](OC(=O)N=[N+]=[N-])[C@@H](COC)C1=CCCCC1. The zero-order valence-corrected chi connectivity index (χ0v) is 11.9. The number of azide groups is 1. The lowest BCUT2D eigenvalue weighted by Crippen LogP contribution is -2.34. The van der Waals surface area contributed by atoms with Crippen LogP contribution in [0.25, 0.3) is 10.4 Å². The molecule has 0 saturated carbocycles. The highest BCUT2D eigenvalue weighted by molar-refractivity contribution is 5.68. The van der Waals surface area contributed by atoms with E-state index in [1.165, 1.54) is 19.1 Å². The smallest absolute Gasteiger partial charge is 0.397 e. The number of hydrogen-bond acceptors (Lipinski definition) is 4. The van der Waals surface area contributed by atoms with E-state index < -0.39 is 12.2 Å². The van der Waals surface area contributed by atoms with Crippen LogP contribution in [0.3, 0.4) is 0 Å². The molecule has 1 amide bonds. The molecule has 0 unspecified atom stereocenters. The highest BCUT2D eigenvalue weighted by Crippen LogP contribution is 2.28. The number of nitrogens with zero attached hydrogens (tertiary/aromatic N) is 3. The molecule has 0 aliphatic heterocycles. The number of ether oxygens (including phenoxy) is 3. The largest absolute Gasteiger partial charge is 0.454 e. The van der Waals surface area contributed by atoms with E-state index in [0.717, 1.165) is 19.3 Å². The summed E-state index contributed by atoms with van der Waals surface area (Å²) in [6, 6.07) is 0. The second-order valence-corrected chi connectivity index (χ2v) is 4.65. The number of allylic oxidation sites excluding steroid dienone is 1. The van der Waals surface area contributed by atoms with Gasteiger partial charge in [-0.2, -0.15) is 0 Å². The molecule has 112 valence electrons. The lowest BCUT2D eigenvalue weighted by Gasteiger charge is -2.29. The van der Waals surface area contributed by atoms with Crippen molar-refractivity contribution in [1.29, 1.82) is 0 Å². The molecule has 0 saturated heterocycles. The van der Waals surface area contributed by atoms with Gasteiger partial charge in [0.05, 0.1) is 13.2 Å². The van der Waals surface area contributed by atoms with Gasteiger partial charge < -0.3 is 14.2 Å². The minimum atomic E-state index is -0.938. The summed E-state index contributed by atoms with van der Waals surface area (Å²) in [5.41, 5.74) is 9.48. The van der Waals surface area contributed by atoms with Crippen LogP contribution in [-0.4, -0.2) is 39.6 Å². The highest BCUT2D eigenvalue weighted by atomic mass is 16.6. The Balaban J connectivity index is 2.83. The third kappa shape index (κ3) is 5.21. The predicted octanol–water partition coefficient (Wildman–Crippen LogP) is 3.21. The molecule has 0 aromatic heterocycles. The molecule has 0 bridgehead atoms. The molecule has 1 aliphatic carbocycles. The van der Waals surface area contributed by atoms with Gasteiger partial charge in [-0.1, -0.05) is 11.6 Å². The van der Waals surface area contributed by atoms with E-state index in [0.29, 0.717) is 6.61 Å². The van der Waals surface area contributed by atoms with Crippen LogP contribution in [0.1, 0.15) is 25.7 Å². The van der Waals surface area contributed by atoms with Crippen molar-refractivity contribution in [1.82, 2.24) is 0 Å². The monoisotopic (exact) mass is 283 g/mol. The van der Waals surface area contributed by atoms with E-state index in [9.17, 15) is 4.79 Å². The summed E-state index contributed by atoms with van der Waals surface area (Å²) in [4.78, 5) is 13.8. The number of carbonyl (C=O) groups is 1. The first-order chi connectivity index (χ1) is 9.72. The maximum absolute atomic E-state index is 11.4. The Hall–Kier alpha value is -1.56. The number of hydrogen-bond donors (Lipinski definition) is 0. The van der Waals surface area contributed by atoms with Crippen LogP contribution in [0.2, 0.25) is 0 Å². The standard InChI is InChI=1S/C13H21N3O4/c1-18-8-11(10-6-4-3-5-7-10)12(9-19-2)20-13(17)15-16-14/h6,11-12H,3-5,7-9H2,1-2H3/t11-,12-/m0/s1. The van der Waals surface area contributed by atoms with Crippen LogP contribution in [0.4, 0.5) is 4.79 Å². The second-order valence-electron chi connectivity index (χ2n) is 4.65. The van der Waals surface area contributed by atoms with Gasteiger partial charge in [-0.05, 0) is 31.2 Å². The summed E-state index contributed by atoms with van der Waals surface area (Å²) < 4.78 is 15.5. The van der Waals surface area contributed by atoms with Crippen molar-refractivity contribution in [3.8, 4) is 0 Å². The van der Waals surface area contributed by atoms with Crippen molar-refractivity contribution in [2.24, 2.45) is 11.0 Å². The number of methoxy groups -OCH3 is 2. The van der Waals surface area contributed by atoms with E-state index in [1.54, 1.807) is 7.11 Å². The van der Waals surface area contributed by atoms with Crippen LogP contribution in [0, 0.1) is 5.92 Å². The average molecular weight is 283 g/mol. The Morgan fingerprint density at radius 3 is 2.70 bits per heavy atom. The lowest BCUT2D eigenvalue weighted by atomic mass is 9.86. The van der Waals surface area contributed by atoms with Gasteiger partial charge in [-0.15, -0.1) is 0 Å². The summed E-state index contributed by atoms with van der Waals surface area (Å²) in [7, 11) is 3.14. The molecule has 1 rings (SSSR count). The van der Waals surface area contributed by atoms with Crippen LogP contribution in [0.5, 0.6) is 0 Å². The molecule has 7 nitrogen and oxygen atoms in total. The third-order valence-electron chi connectivity index (χ3n) is 3.31. The minimum absolute atomic E-state index is 0.0712. The first-order valence-corrected chi connectivity index (χ1v) is 6.65. The summed E-state index contributed by atoms with van der Waals surface area (Å²) in [6.45, 7) is 0.668. The van der Waals surface area contributed by atoms with E-state index in [1.807, 2.05) is 0 Å². The first kappa shape index (κ1) is 16.5.